The lowest BCUT2D eigenvalue weighted by Gasteiger charge is -2.20. The lowest BCUT2D eigenvalue weighted by molar-refractivity contribution is 0.237. The first-order valence-electron chi connectivity index (χ1n) is 8.26. The highest BCUT2D eigenvalue weighted by molar-refractivity contribution is 5.74. The van der Waals surface area contributed by atoms with Crippen LogP contribution in [0.5, 0.6) is 0 Å². The molecule has 1 aliphatic rings. The van der Waals surface area contributed by atoms with Gasteiger partial charge in [-0.1, -0.05) is 54.6 Å². The lowest BCUT2D eigenvalue weighted by atomic mass is 9.96. The monoisotopic (exact) mass is 308 g/mol. The summed E-state index contributed by atoms with van der Waals surface area (Å²) in [5.41, 5.74) is 3.83. The lowest BCUT2D eigenvalue weighted by Crippen LogP contribution is -2.41. The highest BCUT2D eigenvalue weighted by Gasteiger charge is 2.44. The van der Waals surface area contributed by atoms with E-state index in [1.165, 1.54) is 11.1 Å². The summed E-state index contributed by atoms with van der Waals surface area (Å²) in [6, 6.07) is 18.5. The van der Waals surface area contributed by atoms with Crippen molar-refractivity contribution in [3.63, 3.8) is 0 Å². The molecule has 23 heavy (non-hydrogen) atoms. The van der Waals surface area contributed by atoms with Crippen molar-refractivity contribution in [3.05, 3.63) is 71.3 Å². The molecule has 1 saturated carbocycles. The maximum atomic E-state index is 12.2. The minimum atomic E-state index is -0.0945. The Morgan fingerprint density at radius 2 is 1.74 bits per heavy atom. The van der Waals surface area contributed by atoms with Crippen LogP contribution in [0.2, 0.25) is 0 Å². The molecule has 2 amide bonds. The van der Waals surface area contributed by atoms with E-state index in [-0.39, 0.29) is 17.5 Å². The Morgan fingerprint density at radius 1 is 1.09 bits per heavy atom. The van der Waals surface area contributed by atoms with Gasteiger partial charge in [-0.25, -0.2) is 4.79 Å². The van der Waals surface area contributed by atoms with Gasteiger partial charge in [0, 0.05) is 12.0 Å². The fraction of sp³-hybridized carbons (Fsp3) is 0.350. The number of carbonyl (C=O) groups excluding carboxylic acids is 1. The third-order valence-electron chi connectivity index (χ3n) is 4.83. The second kappa shape index (κ2) is 6.45. The van der Waals surface area contributed by atoms with Gasteiger partial charge in [-0.2, -0.15) is 0 Å². The molecule has 120 valence electrons. The summed E-state index contributed by atoms with van der Waals surface area (Å²) in [5.74, 6) is 0. The Bertz CT molecular complexity index is 677. The minimum Gasteiger partial charge on any atom is -0.337 e. The first-order valence-corrected chi connectivity index (χ1v) is 8.26. The number of rotatable bonds is 5. The van der Waals surface area contributed by atoms with Crippen molar-refractivity contribution in [1.82, 2.24) is 10.6 Å². The van der Waals surface area contributed by atoms with Crippen molar-refractivity contribution < 1.29 is 4.79 Å². The van der Waals surface area contributed by atoms with Crippen LogP contribution in [-0.4, -0.2) is 12.6 Å². The summed E-state index contributed by atoms with van der Waals surface area (Å²) in [5, 5.41) is 6.09. The van der Waals surface area contributed by atoms with Crippen molar-refractivity contribution in [1.29, 1.82) is 0 Å². The summed E-state index contributed by atoms with van der Waals surface area (Å²) in [4.78, 5) is 12.2. The molecule has 0 heterocycles. The smallest absolute Gasteiger partial charge is 0.315 e. The number of hydrogen-bond acceptors (Lipinski definition) is 1. The number of hydrogen-bond donors (Lipinski definition) is 2. The topological polar surface area (TPSA) is 41.1 Å². The van der Waals surface area contributed by atoms with Crippen LogP contribution in [0.4, 0.5) is 4.79 Å². The van der Waals surface area contributed by atoms with Crippen molar-refractivity contribution in [2.24, 2.45) is 0 Å². The van der Waals surface area contributed by atoms with E-state index >= 15 is 0 Å². The molecule has 0 bridgehead atoms. The van der Waals surface area contributed by atoms with E-state index in [2.05, 4.69) is 54.0 Å². The number of amides is 2. The highest BCUT2D eigenvalue weighted by Crippen LogP contribution is 2.47. The molecule has 0 saturated heterocycles. The number of urea groups is 1. The Balaban J connectivity index is 1.55. The van der Waals surface area contributed by atoms with Gasteiger partial charge >= 0.3 is 6.03 Å². The van der Waals surface area contributed by atoms with Crippen LogP contribution in [0, 0.1) is 6.92 Å². The van der Waals surface area contributed by atoms with Gasteiger partial charge in [0.25, 0.3) is 0 Å². The second-order valence-corrected chi connectivity index (χ2v) is 6.55. The summed E-state index contributed by atoms with van der Waals surface area (Å²) >= 11 is 0. The van der Waals surface area contributed by atoms with Gasteiger partial charge in [-0.3, -0.25) is 0 Å². The van der Waals surface area contributed by atoms with Crippen molar-refractivity contribution in [2.45, 2.75) is 38.1 Å². The molecule has 2 aromatic rings. The number of aryl methyl sites for hydroxylation is 1. The number of carbonyl (C=O) groups is 1. The highest BCUT2D eigenvalue weighted by atomic mass is 16.2. The largest absolute Gasteiger partial charge is 0.337 e. The van der Waals surface area contributed by atoms with Gasteiger partial charge in [0.1, 0.15) is 0 Å². The summed E-state index contributed by atoms with van der Waals surface area (Å²) in [6.45, 7) is 4.79. The van der Waals surface area contributed by atoms with Gasteiger partial charge in [-0.05, 0) is 43.4 Å². The maximum Gasteiger partial charge on any atom is 0.315 e. The fourth-order valence-electron chi connectivity index (χ4n) is 3.16. The zero-order valence-corrected chi connectivity index (χ0v) is 13.8. The van der Waals surface area contributed by atoms with Crippen LogP contribution in [0.15, 0.2) is 54.6 Å². The predicted molar refractivity (Wildman–Crippen MR) is 93.5 cm³/mol. The van der Waals surface area contributed by atoms with Crippen LogP contribution in [-0.2, 0) is 5.41 Å². The van der Waals surface area contributed by atoms with E-state index in [4.69, 9.17) is 0 Å². The average Bonchev–Trinajstić information content (AvgIpc) is 3.35. The molecule has 0 spiro atoms. The van der Waals surface area contributed by atoms with Crippen LogP contribution < -0.4 is 10.6 Å². The molecule has 1 unspecified atom stereocenters. The van der Waals surface area contributed by atoms with E-state index in [0.29, 0.717) is 6.54 Å². The van der Waals surface area contributed by atoms with E-state index < -0.39 is 0 Å². The normalized spacial score (nSPS) is 16.4. The summed E-state index contributed by atoms with van der Waals surface area (Å²) in [7, 11) is 0. The van der Waals surface area contributed by atoms with Crippen LogP contribution in [0.25, 0.3) is 0 Å². The van der Waals surface area contributed by atoms with Gasteiger partial charge in [0.2, 0.25) is 0 Å². The molecule has 2 aromatic carbocycles. The van der Waals surface area contributed by atoms with Gasteiger partial charge < -0.3 is 10.6 Å². The van der Waals surface area contributed by atoms with Gasteiger partial charge in [0.05, 0.1) is 6.04 Å². The quantitative estimate of drug-likeness (QED) is 0.858. The summed E-state index contributed by atoms with van der Waals surface area (Å²) < 4.78 is 0. The second-order valence-electron chi connectivity index (χ2n) is 6.55. The van der Waals surface area contributed by atoms with Crippen LogP contribution in [0.3, 0.4) is 0 Å². The van der Waals surface area contributed by atoms with E-state index in [0.717, 1.165) is 18.4 Å². The third-order valence-corrected chi connectivity index (χ3v) is 4.83. The molecular formula is C20H24N2O. The van der Waals surface area contributed by atoms with Gasteiger partial charge in [0.15, 0.2) is 0 Å². The Kier molecular flexibility index (Phi) is 4.37. The molecular weight excluding hydrogens is 284 g/mol. The van der Waals surface area contributed by atoms with Crippen molar-refractivity contribution in [2.75, 3.05) is 6.54 Å². The van der Waals surface area contributed by atoms with Gasteiger partial charge in [-0.15, -0.1) is 0 Å². The first-order chi connectivity index (χ1) is 11.1. The Morgan fingerprint density at radius 3 is 2.39 bits per heavy atom. The molecule has 0 radical (unpaired) electrons. The van der Waals surface area contributed by atoms with E-state index in [1.54, 1.807) is 0 Å². The van der Waals surface area contributed by atoms with Crippen LogP contribution >= 0.6 is 0 Å². The SMILES string of the molecule is Cc1ccccc1C(C)NC(=O)NCC1(c2ccccc2)CC1. The van der Waals surface area contributed by atoms with Crippen molar-refractivity contribution >= 4 is 6.03 Å². The number of benzene rings is 2. The molecule has 0 aromatic heterocycles. The van der Waals surface area contributed by atoms with Crippen LogP contribution in [0.1, 0.15) is 42.5 Å². The standard InChI is InChI=1S/C20H24N2O/c1-15-8-6-7-11-18(15)16(2)22-19(23)21-14-20(12-13-20)17-9-4-3-5-10-17/h3-11,16H,12-14H2,1-2H3,(H2,21,22,23). The average molecular weight is 308 g/mol. The third kappa shape index (κ3) is 3.55. The molecule has 2 N–H and O–H groups in total. The molecule has 1 atom stereocenters. The fourth-order valence-corrected chi connectivity index (χ4v) is 3.16. The van der Waals surface area contributed by atoms with Crippen molar-refractivity contribution in [3.8, 4) is 0 Å². The minimum absolute atomic E-state index is 0.00285. The molecule has 3 rings (SSSR count). The number of nitrogens with one attached hydrogen (secondary N) is 2. The molecule has 0 aliphatic heterocycles. The molecule has 1 fully saturated rings. The molecule has 3 heteroatoms. The van der Waals surface area contributed by atoms with E-state index in [1.807, 2.05) is 25.1 Å². The maximum absolute atomic E-state index is 12.2. The predicted octanol–water partition coefficient (Wildman–Crippen LogP) is 4.09. The van der Waals surface area contributed by atoms with E-state index in [9.17, 15) is 4.79 Å². The molecule has 1 aliphatic carbocycles. The molecule has 3 nitrogen and oxygen atoms in total. The Hall–Kier alpha value is -2.29. The summed E-state index contributed by atoms with van der Waals surface area (Å²) in [6.07, 6.45) is 2.29. The first kappa shape index (κ1) is 15.6. The Labute approximate surface area is 138 Å². The zero-order chi connectivity index (χ0) is 16.3. The zero-order valence-electron chi connectivity index (χ0n) is 13.8.